The van der Waals surface area contributed by atoms with Gasteiger partial charge in [-0.2, -0.15) is 0 Å². The van der Waals surface area contributed by atoms with E-state index in [4.69, 9.17) is 0 Å². The summed E-state index contributed by atoms with van der Waals surface area (Å²) in [5.74, 6) is 0.303. The molecule has 0 spiro atoms. The van der Waals surface area contributed by atoms with E-state index in [0.29, 0.717) is 5.75 Å². The van der Waals surface area contributed by atoms with E-state index < -0.39 is 0 Å². The van der Waals surface area contributed by atoms with E-state index in [1.165, 1.54) is 11.9 Å². The molecular formula is C10H9NOS. The zero-order valence-electron chi connectivity index (χ0n) is 6.90. The molecule has 0 aliphatic carbocycles. The van der Waals surface area contributed by atoms with Crippen LogP contribution in [-0.4, -0.2) is 5.11 Å². The summed E-state index contributed by atoms with van der Waals surface area (Å²) < 4.78 is 3.11. The third-order valence-corrected chi connectivity index (χ3v) is 2.40. The van der Waals surface area contributed by atoms with Crippen LogP contribution in [0.5, 0.6) is 5.75 Å². The molecule has 0 bridgehead atoms. The van der Waals surface area contributed by atoms with Gasteiger partial charge in [0.15, 0.2) is 0 Å². The van der Waals surface area contributed by atoms with E-state index in [1.54, 1.807) is 6.07 Å². The summed E-state index contributed by atoms with van der Waals surface area (Å²) in [6.45, 7) is 0. The van der Waals surface area contributed by atoms with Crippen molar-refractivity contribution in [1.82, 2.24) is 4.72 Å². The van der Waals surface area contributed by atoms with Gasteiger partial charge in [0.25, 0.3) is 0 Å². The number of para-hydroxylation sites is 1. The van der Waals surface area contributed by atoms with Crippen molar-refractivity contribution in [2.24, 2.45) is 0 Å². The van der Waals surface area contributed by atoms with Crippen LogP contribution in [0.1, 0.15) is 5.56 Å². The molecule has 2 nitrogen and oxygen atoms in total. The maximum atomic E-state index is 9.55. The molecular weight excluding hydrogens is 182 g/mol. The molecule has 0 aromatic heterocycles. The summed E-state index contributed by atoms with van der Waals surface area (Å²) in [6, 6.07) is 7.28. The fraction of sp³-hybridized carbons (Fsp3) is 0. The monoisotopic (exact) mass is 191 g/mol. The van der Waals surface area contributed by atoms with Gasteiger partial charge >= 0.3 is 0 Å². The van der Waals surface area contributed by atoms with Crippen molar-refractivity contribution in [1.29, 1.82) is 0 Å². The van der Waals surface area contributed by atoms with Gasteiger partial charge in [0, 0.05) is 5.56 Å². The molecule has 0 atom stereocenters. The predicted molar refractivity (Wildman–Crippen MR) is 56.0 cm³/mol. The first-order valence-corrected chi connectivity index (χ1v) is 4.83. The average Bonchev–Trinajstić information content (AvgIpc) is 2.20. The molecule has 1 aromatic carbocycles. The summed E-state index contributed by atoms with van der Waals surface area (Å²) in [6.07, 6.45) is 3.88. The number of rotatable bonds is 1. The van der Waals surface area contributed by atoms with Crippen molar-refractivity contribution in [3.05, 3.63) is 47.4 Å². The number of nitrogens with one attached hydrogen (secondary N) is 1. The van der Waals surface area contributed by atoms with Crippen LogP contribution in [0.4, 0.5) is 0 Å². The topological polar surface area (TPSA) is 32.3 Å². The van der Waals surface area contributed by atoms with Gasteiger partial charge < -0.3 is 9.83 Å². The minimum absolute atomic E-state index is 0.303. The van der Waals surface area contributed by atoms with Crippen molar-refractivity contribution in [2.75, 3.05) is 0 Å². The van der Waals surface area contributed by atoms with Crippen LogP contribution in [-0.2, 0) is 0 Å². The number of phenols is 1. The highest BCUT2D eigenvalue weighted by atomic mass is 32.2. The van der Waals surface area contributed by atoms with Gasteiger partial charge in [-0.15, -0.1) is 0 Å². The molecule has 2 N–H and O–H groups in total. The smallest absolute Gasteiger partial charge is 0.124 e. The Balaban J connectivity index is 2.40. The molecule has 0 saturated carbocycles. The molecule has 1 aliphatic heterocycles. The van der Waals surface area contributed by atoms with Crippen molar-refractivity contribution in [3.63, 3.8) is 0 Å². The standard InChI is InChI=1S/C10H9NOS/c12-10-6-2-1-4-8(10)9-5-3-7-13-11-9/h1-7,11-12H. The predicted octanol–water partition coefficient (Wildman–Crippen LogP) is 2.50. The number of aromatic hydroxyl groups is 1. The number of benzene rings is 1. The molecule has 1 aliphatic rings. The molecule has 0 amide bonds. The van der Waals surface area contributed by atoms with Gasteiger partial charge in [-0.05, 0) is 35.6 Å². The largest absolute Gasteiger partial charge is 0.507 e. The Bertz CT molecular complexity index is 371. The van der Waals surface area contributed by atoms with Crippen LogP contribution < -0.4 is 4.72 Å². The first kappa shape index (κ1) is 8.26. The van der Waals surface area contributed by atoms with Crippen molar-refractivity contribution >= 4 is 17.6 Å². The second kappa shape index (κ2) is 3.58. The zero-order chi connectivity index (χ0) is 9.10. The lowest BCUT2D eigenvalue weighted by atomic mass is 10.1. The lowest BCUT2D eigenvalue weighted by Gasteiger charge is -2.11. The highest BCUT2D eigenvalue weighted by molar-refractivity contribution is 8.00. The molecule has 3 heteroatoms. The summed E-state index contributed by atoms with van der Waals surface area (Å²) in [5.41, 5.74) is 1.77. The normalized spacial score (nSPS) is 14.9. The Hall–Kier alpha value is -1.35. The highest BCUT2D eigenvalue weighted by Gasteiger charge is 2.06. The summed E-state index contributed by atoms with van der Waals surface area (Å²) in [7, 11) is 0. The molecule has 66 valence electrons. The lowest BCUT2D eigenvalue weighted by Crippen LogP contribution is -2.03. The van der Waals surface area contributed by atoms with E-state index in [-0.39, 0.29) is 0 Å². The fourth-order valence-corrected chi connectivity index (χ4v) is 1.68. The van der Waals surface area contributed by atoms with E-state index in [1.807, 2.05) is 35.8 Å². The van der Waals surface area contributed by atoms with Crippen LogP contribution in [0, 0.1) is 0 Å². The first-order valence-electron chi connectivity index (χ1n) is 3.95. The van der Waals surface area contributed by atoms with E-state index in [2.05, 4.69) is 4.72 Å². The molecule has 0 saturated heterocycles. The van der Waals surface area contributed by atoms with Gasteiger partial charge in [0.1, 0.15) is 5.75 Å². The van der Waals surface area contributed by atoms with Gasteiger partial charge in [-0.1, -0.05) is 18.2 Å². The number of allylic oxidation sites excluding steroid dienone is 2. The molecule has 1 heterocycles. The SMILES string of the molecule is Oc1ccccc1C1=CC=CSN1. The summed E-state index contributed by atoms with van der Waals surface area (Å²) in [5, 5.41) is 11.5. The molecule has 2 rings (SSSR count). The quantitative estimate of drug-likeness (QED) is 0.669. The minimum Gasteiger partial charge on any atom is -0.507 e. The van der Waals surface area contributed by atoms with E-state index in [9.17, 15) is 5.11 Å². The van der Waals surface area contributed by atoms with E-state index in [0.717, 1.165) is 11.3 Å². The Morgan fingerprint density at radius 1 is 1.23 bits per heavy atom. The highest BCUT2D eigenvalue weighted by Crippen LogP contribution is 2.26. The van der Waals surface area contributed by atoms with Crippen molar-refractivity contribution in [3.8, 4) is 5.75 Å². The Kier molecular flexibility index (Phi) is 2.27. The molecule has 1 aromatic rings. The Morgan fingerprint density at radius 3 is 2.77 bits per heavy atom. The molecule has 13 heavy (non-hydrogen) atoms. The third-order valence-electron chi connectivity index (χ3n) is 1.77. The van der Waals surface area contributed by atoms with Crippen LogP contribution in [0.15, 0.2) is 41.8 Å². The first-order chi connectivity index (χ1) is 6.38. The number of phenolic OH excluding ortho intramolecular Hbond substituents is 1. The molecule has 0 unspecified atom stereocenters. The van der Waals surface area contributed by atoms with Crippen molar-refractivity contribution < 1.29 is 5.11 Å². The molecule has 0 fully saturated rings. The Labute approximate surface area is 81.1 Å². The number of hydrogen-bond acceptors (Lipinski definition) is 3. The fourth-order valence-electron chi connectivity index (χ4n) is 1.15. The zero-order valence-corrected chi connectivity index (χ0v) is 7.71. The van der Waals surface area contributed by atoms with Crippen LogP contribution in [0.25, 0.3) is 5.70 Å². The van der Waals surface area contributed by atoms with Gasteiger partial charge in [-0.25, -0.2) is 0 Å². The maximum absolute atomic E-state index is 9.55. The van der Waals surface area contributed by atoms with Gasteiger partial charge in [-0.3, -0.25) is 0 Å². The maximum Gasteiger partial charge on any atom is 0.124 e. The average molecular weight is 191 g/mol. The second-order valence-electron chi connectivity index (χ2n) is 2.65. The van der Waals surface area contributed by atoms with Gasteiger partial charge in [0.05, 0.1) is 5.70 Å². The number of hydrogen-bond donors (Lipinski definition) is 2. The van der Waals surface area contributed by atoms with E-state index >= 15 is 0 Å². The van der Waals surface area contributed by atoms with Gasteiger partial charge in [0.2, 0.25) is 0 Å². The minimum atomic E-state index is 0.303. The lowest BCUT2D eigenvalue weighted by molar-refractivity contribution is 0.473. The second-order valence-corrected chi connectivity index (χ2v) is 3.36. The summed E-state index contributed by atoms with van der Waals surface area (Å²) >= 11 is 1.50. The van der Waals surface area contributed by atoms with Crippen LogP contribution in [0.3, 0.4) is 0 Å². The van der Waals surface area contributed by atoms with Crippen LogP contribution in [0.2, 0.25) is 0 Å². The van der Waals surface area contributed by atoms with Crippen molar-refractivity contribution in [2.45, 2.75) is 0 Å². The molecule has 0 radical (unpaired) electrons. The third kappa shape index (κ3) is 1.70. The Morgan fingerprint density at radius 2 is 2.08 bits per heavy atom. The summed E-state index contributed by atoms with van der Waals surface area (Å²) in [4.78, 5) is 0. The van der Waals surface area contributed by atoms with Crippen LogP contribution >= 0.6 is 11.9 Å².